The fraction of sp³-hybridized carbons (Fsp3) is 0.424. The van der Waals surface area contributed by atoms with Gasteiger partial charge in [0.15, 0.2) is 10.6 Å². The molecule has 38 heavy (non-hydrogen) atoms. The van der Waals surface area contributed by atoms with Crippen LogP contribution in [0.5, 0.6) is 0 Å². The van der Waals surface area contributed by atoms with E-state index in [4.69, 9.17) is 17.0 Å². The van der Waals surface area contributed by atoms with Gasteiger partial charge in [-0.2, -0.15) is 0 Å². The van der Waals surface area contributed by atoms with Crippen LogP contribution in [-0.2, 0) is 17.6 Å². The van der Waals surface area contributed by atoms with Crippen molar-refractivity contribution >= 4 is 35.5 Å². The van der Waals surface area contributed by atoms with Gasteiger partial charge in [-0.25, -0.2) is 9.37 Å². The highest BCUT2D eigenvalue weighted by Crippen LogP contribution is 2.41. The fourth-order valence-corrected chi connectivity index (χ4v) is 4.53. The Balaban J connectivity index is 0. The molecule has 1 aromatic heterocycles. The minimum atomic E-state index is -0.297. The van der Waals surface area contributed by atoms with Crippen molar-refractivity contribution in [1.82, 2.24) is 9.97 Å². The van der Waals surface area contributed by atoms with Crippen LogP contribution in [0.3, 0.4) is 0 Å². The average molecular weight is 541 g/mol. The lowest BCUT2D eigenvalue weighted by Crippen LogP contribution is -2.09. The lowest BCUT2D eigenvalue weighted by molar-refractivity contribution is -0.0980. The molecule has 0 atom stereocenters. The van der Waals surface area contributed by atoms with Crippen LogP contribution in [0.4, 0.5) is 4.39 Å². The zero-order valence-corrected chi connectivity index (χ0v) is 26.5. The largest absolute Gasteiger partial charge is 0.334 e. The quantitative estimate of drug-likeness (QED) is 0.225. The first kappa shape index (κ1) is 37.2. The lowest BCUT2D eigenvalue weighted by atomic mass is 9.81. The Bertz CT molecular complexity index is 1260. The van der Waals surface area contributed by atoms with Crippen molar-refractivity contribution in [2.75, 3.05) is 0 Å². The predicted octanol–water partition coefficient (Wildman–Crippen LogP) is 10.6. The number of carbonyl (C=O) groups is 1. The summed E-state index contributed by atoms with van der Waals surface area (Å²) in [4.78, 5) is 15.5. The Hall–Kier alpha value is -2.92. The fourth-order valence-electron chi connectivity index (χ4n) is 4.29. The van der Waals surface area contributed by atoms with E-state index in [1.165, 1.54) is 12.0 Å². The number of H-pyrrole nitrogens is 1. The molecular formula is C33H49FN2OS. The zero-order chi connectivity index (χ0) is 30.3. The molecule has 0 aliphatic carbocycles. The number of nitrogens with zero attached hydrogens (tertiary/aromatic N) is 1. The Morgan fingerprint density at radius 2 is 1.45 bits per heavy atom. The first-order valence-corrected chi connectivity index (χ1v) is 13.5. The van der Waals surface area contributed by atoms with Gasteiger partial charge in [0.1, 0.15) is 12.3 Å². The first-order valence-electron chi connectivity index (χ1n) is 13.1. The summed E-state index contributed by atoms with van der Waals surface area (Å²) in [5, 5.41) is 0.853. The summed E-state index contributed by atoms with van der Waals surface area (Å²) < 4.78 is 16.6. The third kappa shape index (κ3) is 8.56. The van der Waals surface area contributed by atoms with Gasteiger partial charge >= 0.3 is 0 Å². The number of aromatic nitrogens is 2. The number of hydrogen-bond acceptors (Lipinski definition) is 3. The standard InChI is InChI=1S/C27H35FN2S.C3H8.C2H4.CH2O/c1-11-19-20(12-2)24(25(28)26-23(19)18(10)29-27(31)30-26)21(13-3)22(16(8)14(4)5)17(9)15(6)7;1-3-2;2*1-2/h13H,4,11-12H2,1-3,5-10H3,(H,29,30,31);3H2,1-2H3;1-2H2;1H2/b21-13+,22-16-;;;. The maximum Gasteiger partial charge on any atom is 0.197 e. The van der Waals surface area contributed by atoms with E-state index >= 15 is 4.39 Å². The summed E-state index contributed by atoms with van der Waals surface area (Å²) in [5.74, 6) is -0.297. The molecule has 1 N–H and O–H groups in total. The molecule has 0 saturated carbocycles. The normalized spacial score (nSPS) is 11.1. The molecule has 3 nitrogen and oxygen atoms in total. The molecule has 0 fully saturated rings. The molecule has 0 aliphatic rings. The van der Waals surface area contributed by atoms with Gasteiger partial charge in [0.05, 0.1) is 0 Å². The smallest absolute Gasteiger partial charge is 0.197 e. The van der Waals surface area contributed by atoms with Crippen molar-refractivity contribution in [3.8, 4) is 0 Å². The topological polar surface area (TPSA) is 45.8 Å². The van der Waals surface area contributed by atoms with E-state index in [1.807, 2.05) is 33.6 Å². The maximum absolute atomic E-state index is 16.3. The summed E-state index contributed by atoms with van der Waals surface area (Å²) in [5.41, 5.74) is 10.3. The van der Waals surface area contributed by atoms with Crippen LogP contribution in [0, 0.1) is 17.5 Å². The average Bonchev–Trinajstić information content (AvgIpc) is 2.89. The van der Waals surface area contributed by atoms with E-state index in [0.717, 1.165) is 62.9 Å². The molecule has 1 aromatic carbocycles. The van der Waals surface area contributed by atoms with Crippen LogP contribution in [0.1, 0.15) is 98.0 Å². The predicted molar refractivity (Wildman–Crippen MR) is 170 cm³/mol. The number of benzene rings is 1. The summed E-state index contributed by atoms with van der Waals surface area (Å²) in [6.45, 7) is 34.9. The number of allylic oxidation sites excluding steroid dienone is 7. The number of hydrogen-bond donors (Lipinski definition) is 1. The molecule has 0 saturated heterocycles. The number of carbonyl (C=O) groups excluding carboxylic acids is 1. The van der Waals surface area contributed by atoms with E-state index in [9.17, 15) is 0 Å². The highest BCUT2D eigenvalue weighted by atomic mass is 32.1. The van der Waals surface area contributed by atoms with Gasteiger partial charge in [0.2, 0.25) is 0 Å². The number of nitrogens with one attached hydrogen (secondary N) is 1. The molecule has 0 bridgehead atoms. The Labute approximate surface area is 236 Å². The van der Waals surface area contributed by atoms with Crippen molar-refractivity contribution in [3.05, 3.63) is 86.7 Å². The van der Waals surface area contributed by atoms with Crippen LogP contribution in [0.2, 0.25) is 0 Å². The Morgan fingerprint density at radius 3 is 1.82 bits per heavy atom. The van der Waals surface area contributed by atoms with Gasteiger partial charge in [-0.15, -0.1) is 13.2 Å². The van der Waals surface area contributed by atoms with Gasteiger partial charge in [0, 0.05) is 16.6 Å². The number of rotatable bonds is 6. The third-order valence-corrected chi connectivity index (χ3v) is 6.38. The van der Waals surface area contributed by atoms with E-state index in [2.05, 4.69) is 85.1 Å². The number of fused-ring (bicyclic) bond motifs is 1. The van der Waals surface area contributed by atoms with Gasteiger partial charge in [-0.3, -0.25) is 0 Å². The Morgan fingerprint density at radius 1 is 0.974 bits per heavy atom. The second kappa shape index (κ2) is 18.4. The molecule has 5 heteroatoms. The first-order chi connectivity index (χ1) is 17.9. The maximum atomic E-state index is 16.3. The highest BCUT2D eigenvalue weighted by molar-refractivity contribution is 7.71. The number of halogens is 1. The molecule has 1 heterocycles. The van der Waals surface area contributed by atoms with E-state index in [0.29, 0.717) is 15.9 Å². The van der Waals surface area contributed by atoms with Crippen LogP contribution in [0.15, 0.2) is 53.7 Å². The molecule has 0 aliphatic heterocycles. The van der Waals surface area contributed by atoms with E-state index in [1.54, 1.807) is 0 Å². The van der Waals surface area contributed by atoms with E-state index < -0.39 is 0 Å². The second-order valence-corrected chi connectivity index (χ2v) is 9.45. The van der Waals surface area contributed by atoms with Gasteiger partial charge < -0.3 is 9.78 Å². The third-order valence-electron chi connectivity index (χ3n) is 6.19. The summed E-state index contributed by atoms with van der Waals surface area (Å²) in [7, 11) is 0. The van der Waals surface area contributed by atoms with Crippen molar-refractivity contribution in [2.24, 2.45) is 0 Å². The molecule has 2 aromatic rings. The van der Waals surface area contributed by atoms with Crippen molar-refractivity contribution in [2.45, 2.75) is 95.4 Å². The van der Waals surface area contributed by atoms with Crippen molar-refractivity contribution < 1.29 is 9.18 Å². The molecule has 0 unspecified atom stereocenters. The van der Waals surface area contributed by atoms with Crippen molar-refractivity contribution in [3.63, 3.8) is 0 Å². The van der Waals surface area contributed by atoms with Crippen LogP contribution >= 0.6 is 12.2 Å². The number of aryl methyl sites for hydroxylation is 2. The summed E-state index contributed by atoms with van der Waals surface area (Å²) in [6.07, 6.45) is 4.79. The molecule has 2 rings (SSSR count). The summed E-state index contributed by atoms with van der Waals surface area (Å²) in [6, 6.07) is 0. The molecule has 0 spiro atoms. The Kier molecular flexibility index (Phi) is 18.0. The molecular weight excluding hydrogens is 491 g/mol. The van der Waals surface area contributed by atoms with Crippen LogP contribution in [-0.4, -0.2) is 16.8 Å². The lowest BCUT2D eigenvalue weighted by Gasteiger charge is -2.24. The second-order valence-electron chi connectivity index (χ2n) is 9.06. The van der Waals surface area contributed by atoms with Crippen molar-refractivity contribution in [1.29, 1.82) is 0 Å². The SMILES string of the molecule is C=C.C=C(C)/C(C)=C(C(C)=C(C)C)\C(=C/C)c1c(CC)c(CC)c2c(C)[nH]c(=S)nc2c1F.C=O.CCC. The molecule has 210 valence electrons. The molecule has 0 radical (unpaired) electrons. The molecule has 0 amide bonds. The highest BCUT2D eigenvalue weighted by Gasteiger charge is 2.25. The van der Waals surface area contributed by atoms with Gasteiger partial charge in [0.25, 0.3) is 0 Å². The van der Waals surface area contributed by atoms with Gasteiger partial charge in [-0.05, 0) is 107 Å². The minimum absolute atomic E-state index is 0.297. The zero-order valence-electron chi connectivity index (χ0n) is 25.7. The van der Waals surface area contributed by atoms with E-state index in [-0.39, 0.29) is 5.82 Å². The van der Waals surface area contributed by atoms with Crippen LogP contribution in [0.25, 0.3) is 16.5 Å². The minimum Gasteiger partial charge on any atom is -0.334 e. The number of aromatic amines is 1. The van der Waals surface area contributed by atoms with Gasteiger partial charge in [-0.1, -0.05) is 57.9 Å². The summed E-state index contributed by atoms with van der Waals surface area (Å²) >= 11 is 5.29. The monoisotopic (exact) mass is 540 g/mol. The van der Waals surface area contributed by atoms with Crippen LogP contribution < -0.4 is 0 Å².